The molecule has 0 unspecified atom stereocenters. The summed E-state index contributed by atoms with van der Waals surface area (Å²) in [5, 5.41) is 0. The maximum Gasteiger partial charge on any atom is 0.387 e. The molecule has 0 aromatic heterocycles. The number of sulfonamides is 1. The highest BCUT2D eigenvalue weighted by Gasteiger charge is 2.31. The number of piperazine rings is 1. The SMILES string of the molecule is Cc1cccc(N2CCN(S(=O)(=O)c3ccccc3OC(F)F)CC2)c1C. The topological polar surface area (TPSA) is 49.9 Å². The van der Waals surface area contributed by atoms with Gasteiger partial charge in [-0.2, -0.15) is 13.1 Å². The fourth-order valence-electron chi connectivity index (χ4n) is 3.24. The number of benzene rings is 2. The lowest BCUT2D eigenvalue weighted by atomic mass is 10.1. The molecule has 1 saturated heterocycles. The van der Waals surface area contributed by atoms with Crippen LogP contribution in [0.4, 0.5) is 14.5 Å². The first-order valence-electron chi connectivity index (χ1n) is 8.66. The number of rotatable bonds is 5. The van der Waals surface area contributed by atoms with Crippen LogP contribution in [0.5, 0.6) is 5.75 Å². The summed E-state index contributed by atoms with van der Waals surface area (Å²) in [6.45, 7) is 2.62. The third kappa shape index (κ3) is 4.06. The fourth-order valence-corrected chi connectivity index (χ4v) is 4.79. The monoisotopic (exact) mass is 396 g/mol. The molecule has 0 aliphatic carbocycles. The van der Waals surface area contributed by atoms with Crippen LogP contribution in [0.15, 0.2) is 47.4 Å². The number of halogens is 2. The van der Waals surface area contributed by atoms with Gasteiger partial charge in [0.15, 0.2) is 0 Å². The van der Waals surface area contributed by atoms with Gasteiger partial charge in [-0.1, -0.05) is 24.3 Å². The van der Waals surface area contributed by atoms with Crippen LogP contribution in [0.25, 0.3) is 0 Å². The highest BCUT2D eigenvalue weighted by Crippen LogP contribution is 2.30. The van der Waals surface area contributed by atoms with E-state index in [0.29, 0.717) is 13.1 Å². The number of para-hydroxylation sites is 1. The number of ether oxygens (including phenoxy) is 1. The molecule has 0 amide bonds. The van der Waals surface area contributed by atoms with E-state index in [1.807, 2.05) is 32.0 Å². The standard InChI is InChI=1S/C19H22F2N2O3S/c1-14-6-5-7-16(15(14)2)22-10-12-23(13-11-22)27(24,25)18-9-4-3-8-17(18)26-19(20)21/h3-9,19H,10-13H2,1-2H3. The summed E-state index contributed by atoms with van der Waals surface area (Å²) in [6, 6.07) is 11.6. The minimum Gasteiger partial charge on any atom is -0.433 e. The predicted octanol–water partition coefficient (Wildman–Crippen LogP) is 3.42. The van der Waals surface area contributed by atoms with Gasteiger partial charge >= 0.3 is 6.61 Å². The number of hydrogen-bond donors (Lipinski definition) is 0. The molecule has 27 heavy (non-hydrogen) atoms. The summed E-state index contributed by atoms with van der Waals surface area (Å²) in [5.41, 5.74) is 3.44. The van der Waals surface area contributed by atoms with Crippen molar-refractivity contribution >= 4 is 15.7 Å². The highest BCUT2D eigenvalue weighted by molar-refractivity contribution is 7.89. The van der Waals surface area contributed by atoms with Crippen molar-refractivity contribution in [3.63, 3.8) is 0 Å². The van der Waals surface area contributed by atoms with Crippen molar-refractivity contribution in [1.82, 2.24) is 4.31 Å². The molecule has 2 aromatic carbocycles. The first kappa shape index (κ1) is 19.6. The molecule has 5 nitrogen and oxygen atoms in total. The van der Waals surface area contributed by atoms with Crippen LogP contribution < -0.4 is 9.64 Å². The lowest BCUT2D eigenvalue weighted by molar-refractivity contribution is -0.0517. The van der Waals surface area contributed by atoms with E-state index < -0.39 is 16.6 Å². The number of anilines is 1. The molecular formula is C19H22F2N2O3S. The molecule has 2 aromatic rings. The summed E-state index contributed by atoms with van der Waals surface area (Å²) in [7, 11) is -3.91. The second-order valence-corrected chi connectivity index (χ2v) is 8.34. The van der Waals surface area contributed by atoms with Crippen molar-refractivity contribution in [2.75, 3.05) is 31.1 Å². The summed E-state index contributed by atoms with van der Waals surface area (Å²) < 4.78 is 56.8. The summed E-state index contributed by atoms with van der Waals surface area (Å²) in [5.74, 6) is -0.329. The molecule has 1 fully saturated rings. The van der Waals surface area contributed by atoms with Gasteiger partial charge in [0.05, 0.1) is 0 Å². The Hall–Kier alpha value is -2.19. The molecule has 0 N–H and O–H groups in total. The first-order valence-corrected chi connectivity index (χ1v) is 10.1. The summed E-state index contributed by atoms with van der Waals surface area (Å²) in [6.07, 6.45) is 0. The summed E-state index contributed by atoms with van der Waals surface area (Å²) >= 11 is 0. The Bertz CT molecular complexity index is 911. The molecule has 146 valence electrons. The van der Waals surface area contributed by atoms with E-state index in [1.165, 1.54) is 39.7 Å². The zero-order valence-electron chi connectivity index (χ0n) is 15.2. The van der Waals surface area contributed by atoms with E-state index in [9.17, 15) is 17.2 Å². The van der Waals surface area contributed by atoms with E-state index in [0.717, 1.165) is 5.69 Å². The Kier molecular flexibility index (Phi) is 5.67. The zero-order valence-corrected chi connectivity index (χ0v) is 16.0. The van der Waals surface area contributed by atoms with E-state index in [4.69, 9.17) is 0 Å². The molecule has 1 heterocycles. The van der Waals surface area contributed by atoms with E-state index in [-0.39, 0.29) is 23.7 Å². The van der Waals surface area contributed by atoms with E-state index in [1.54, 1.807) is 0 Å². The second kappa shape index (κ2) is 7.82. The van der Waals surface area contributed by atoms with Gasteiger partial charge in [0.1, 0.15) is 10.6 Å². The molecule has 0 radical (unpaired) electrons. The summed E-state index contributed by atoms with van der Waals surface area (Å²) in [4.78, 5) is 1.92. The molecule has 0 spiro atoms. The van der Waals surface area contributed by atoms with Crippen molar-refractivity contribution in [3.05, 3.63) is 53.6 Å². The number of alkyl halides is 2. The van der Waals surface area contributed by atoms with E-state index >= 15 is 0 Å². The van der Waals surface area contributed by atoms with Crippen LogP contribution in [0.1, 0.15) is 11.1 Å². The average Bonchev–Trinajstić information content (AvgIpc) is 2.64. The molecule has 8 heteroatoms. The molecular weight excluding hydrogens is 374 g/mol. The minimum absolute atomic E-state index is 0.231. The predicted molar refractivity (Wildman–Crippen MR) is 100.0 cm³/mol. The van der Waals surface area contributed by atoms with Crippen LogP contribution in [0, 0.1) is 13.8 Å². The smallest absolute Gasteiger partial charge is 0.387 e. The molecule has 1 aliphatic heterocycles. The average molecular weight is 396 g/mol. The lowest BCUT2D eigenvalue weighted by Gasteiger charge is -2.36. The molecule has 1 aliphatic rings. The van der Waals surface area contributed by atoms with Gasteiger partial charge in [-0.05, 0) is 43.2 Å². The Morgan fingerprint density at radius 2 is 1.63 bits per heavy atom. The number of aryl methyl sites for hydroxylation is 1. The molecule has 3 rings (SSSR count). The molecule has 0 atom stereocenters. The number of hydrogen-bond acceptors (Lipinski definition) is 4. The van der Waals surface area contributed by atoms with Crippen LogP contribution >= 0.6 is 0 Å². The maximum atomic E-state index is 12.9. The number of nitrogens with zero attached hydrogens (tertiary/aromatic N) is 2. The first-order chi connectivity index (χ1) is 12.8. The lowest BCUT2D eigenvalue weighted by Crippen LogP contribution is -2.49. The van der Waals surface area contributed by atoms with E-state index in [2.05, 4.69) is 9.64 Å². The minimum atomic E-state index is -3.91. The molecule has 0 bridgehead atoms. The van der Waals surface area contributed by atoms with Crippen molar-refractivity contribution in [1.29, 1.82) is 0 Å². The Labute approximate surface area is 158 Å². The highest BCUT2D eigenvalue weighted by atomic mass is 32.2. The van der Waals surface area contributed by atoms with Gasteiger partial charge in [-0.15, -0.1) is 0 Å². The van der Waals surface area contributed by atoms with Crippen LogP contribution in [0.2, 0.25) is 0 Å². The van der Waals surface area contributed by atoms with Gasteiger partial charge in [0, 0.05) is 31.9 Å². The zero-order chi connectivity index (χ0) is 19.6. The van der Waals surface area contributed by atoms with Crippen molar-refractivity contribution < 1.29 is 21.9 Å². The Balaban J connectivity index is 1.79. The van der Waals surface area contributed by atoms with Crippen LogP contribution in [-0.4, -0.2) is 45.5 Å². The van der Waals surface area contributed by atoms with Crippen LogP contribution in [0.3, 0.4) is 0 Å². The van der Waals surface area contributed by atoms with Gasteiger partial charge in [0.2, 0.25) is 10.0 Å². The third-order valence-electron chi connectivity index (χ3n) is 4.84. The van der Waals surface area contributed by atoms with Crippen molar-refractivity contribution in [3.8, 4) is 5.75 Å². The third-order valence-corrected chi connectivity index (χ3v) is 6.78. The Morgan fingerprint density at radius 1 is 0.963 bits per heavy atom. The van der Waals surface area contributed by atoms with Gasteiger partial charge in [-0.3, -0.25) is 0 Å². The normalized spacial score (nSPS) is 16.0. The maximum absolute atomic E-state index is 12.9. The van der Waals surface area contributed by atoms with Gasteiger partial charge in [-0.25, -0.2) is 8.42 Å². The fraction of sp³-hybridized carbons (Fsp3) is 0.368. The Morgan fingerprint density at radius 3 is 2.30 bits per heavy atom. The quantitative estimate of drug-likeness (QED) is 0.777. The largest absolute Gasteiger partial charge is 0.433 e. The van der Waals surface area contributed by atoms with Crippen molar-refractivity contribution in [2.24, 2.45) is 0 Å². The van der Waals surface area contributed by atoms with Crippen LogP contribution in [-0.2, 0) is 10.0 Å². The van der Waals surface area contributed by atoms with Gasteiger partial charge < -0.3 is 9.64 Å². The van der Waals surface area contributed by atoms with Gasteiger partial charge in [0.25, 0.3) is 0 Å². The van der Waals surface area contributed by atoms with Crippen molar-refractivity contribution in [2.45, 2.75) is 25.4 Å². The molecule has 0 saturated carbocycles. The second-order valence-electron chi connectivity index (χ2n) is 6.44.